The Kier molecular flexibility index (Phi) is 6.73. The zero-order valence-corrected chi connectivity index (χ0v) is 23.2. The molecule has 1 aliphatic carbocycles. The molecule has 0 atom stereocenters. The van der Waals surface area contributed by atoms with Crippen molar-refractivity contribution in [3.05, 3.63) is 30.0 Å². The van der Waals surface area contributed by atoms with Crippen molar-refractivity contribution in [1.82, 2.24) is 39.8 Å². The number of piperidine rings is 1. The third-order valence-corrected chi connectivity index (χ3v) is 7.84. The van der Waals surface area contributed by atoms with E-state index >= 15 is 0 Å². The Morgan fingerprint density at radius 3 is 2.42 bits per heavy atom. The molecule has 5 heterocycles. The second-order valence-electron chi connectivity index (χ2n) is 11.9. The maximum atomic E-state index is 10.8. The van der Waals surface area contributed by atoms with Gasteiger partial charge in [-0.05, 0) is 84.0 Å². The molecule has 210 valence electrons. The first-order chi connectivity index (χ1) is 19.2. The fraction of sp³-hybridized carbons (Fsp3) is 0.536. The van der Waals surface area contributed by atoms with Gasteiger partial charge in [-0.15, -0.1) is 0 Å². The molecule has 1 aliphatic heterocycles. The molecule has 0 radical (unpaired) electrons. The summed E-state index contributed by atoms with van der Waals surface area (Å²) in [5.41, 5.74) is 9.63. The number of carboxylic acid groups (broad SMARTS) is 1. The van der Waals surface area contributed by atoms with E-state index in [0.717, 1.165) is 62.2 Å². The number of aromatic nitrogens is 7. The molecular weight excluding hydrogens is 510 g/mol. The summed E-state index contributed by atoms with van der Waals surface area (Å²) in [6.45, 7) is 8.89. The van der Waals surface area contributed by atoms with Gasteiger partial charge < -0.3 is 20.3 Å². The standard InChI is InChI=1S/C28H35N9O3/c1-28(2,3)37-27-21(25(29)32-15-33-27)22(34-37)23-20(24(40-35-23)17-6-7-17)26-30-13-18(14-31-26)16-8-11-36(12-9-16)10-4-5-19(38)39/h13-17H,4-12H2,1-3H3,(H,38,39)(H2,29,32,33). The van der Waals surface area contributed by atoms with Crippen LogP contribution in [0.2, 0.25) is 0 Å². The molecule has 1 saturated heterocycles. The van der Waals surface area contributed by atoms with Crippen molar-refractivity contribution in [2.75, 3.05) is 25.4 Å². The van der Waals surface area contributed by atoms with E-state index in [1.165, 1.54) is 6.33 Å². The number of carbonyl (C=O) groups is 1. The highest BCUT2D eigenvalue weighted by Crippen LogP contribution is 2.48. The number of likely N-dealkylation sites (tertiary alicyclic amines) is 1. The number of fused-ring (bicyclic) bond motifs is 1. The van der Waals surface area contributed by atoms with E-state index in [1.807, 2.05) is 17.1 Å². The topological polar surface area (TPSA) is 162 Å². The lowest BCUT2D eigenvalue weighted by atomic mass is 9.91. The van der Waals surface area contributed by atoms with Crippen LogP contribution in [-0.2, 0) is 10.3 Å². The highest BCUT2D eigenvalue weighted by atomic mass is 16.5. The molecule has 0 bridgehead atoms. The van der Waals surface area contributed by atoms with Crippen molar-refractivity contribution in [1.29, 1.82) is 0 Å². The fourth-order valence-electron chi connectivity index (χ4n) is 5.53. The fourth-order valence-corrected chi connectivity index (χ4v) is 5.53. The minimum absolute atomic E-state index is 0.217. The third kappa shape index (κ3) is 5.03. The molecule has 2 fully saturated rings. The molecule has 0 unspecified atom stereocenters. The van der Waals surface area contributed by atoms with Crippen LogP contribution in [0.25, 0.3) is 33.8 Å². The lowest BCUT2D eigenvalue weighted by Gasteiger charge is -2.31. The van der Waals surface area contributed by atoms with Gasteiger partial charge in [0.25, 0.3) is 0 Å². The van der Waals surface area contributed by atoms with Gasteiger partial charge in [-0.3, -0.25) is 4.79 Å². The van der Waals surface area contributed by atoms with Gasteiger partial charge in [-0.2, -0.15) is 5.10 Å². The van der Waals surface area contributed by atoms with E-state index in [4.69, 9.17) is 30.4 Å². The zero-order chi connectivity index (χ0) is 28.0. The maximum Gasteiger partial charge on any atom is 0.303 e. The lowest BCUT2D eigenvalue weighted by Crippen LogP contribution is -2.34. The van der Waals surface area contributed by atoms with Crippen molar-refractivity contribution in [3.8, 4) is 22.8 Å². The predicted molar refractivity (Wildman–Crippen MR) is 149 cm³/mol. The SMILES string of the molecule is CC(C)(C)n1nc(-c2noc(C3CC3)c2-c2ncc(C3CCN(CCCC(=O)O)CC3)cn2)c2c(N)ncnc21. The van der Waals surface area contributed by atoms with E-state index in [9.17, 15) is 4.79 Å². The van der Waals surface area contributed by atoms with Crippen molar-refractivity contribution < 1.29 is 14.4 Å². The average Bonchev–Trinajstić information content (AvgIpc) is 3.54. The van der Waals surface area contributed by atoms with Crippen LogP contribution < -0.4 is 5.73 Å². The number of carboxylic acids is 1. The smallest absolute Gasteiger partial charge is 0.303 e. The normalized spacial score (nSPS) is 17.1. The van der Waals surface area contributed by atoms with Gasteiger partial charge >= 0.3 is 5.97 Å². The second-order valence-corrected chi connectivity index (χ2v) is 11.9. The molecule has 1 saturated carbocycles. The maximum absolute atomic E-state index is 10.8. The molecule has 6 rings (SSSR count). The number of nitrogens with two attached hydrogens (primary N) is 1. The Morgan fingerprint density at radius 1 is 1.05 bits per heavy atom. The number of nitrogen functional groups attached to an aromatic ring is 1. The van der Waals surface area contributed by atoms with E-state index in [2.05, 4.69) is 40.8 Å². The van der Waals surface area contributed by atoms with E-state index in [0.29, 0.717) is 46.4 Å². The zero-order valence-electron chi connectivity index (χ0n) is 23.2. The predicted octanol–water partition coefficient (Wildman–Crippen LogP) is 4.20. The number of aliphatic carboxylic acids is 1. The Labute approximate surface area is 232 Å². The molecule has 2 aliphatic rings. The summed E-state index contributed by atoms with van der Waals surface area (Å²) in [7, 11) is 0. The van der Waals surface area contributed by atoms with Crippen LogP contribution in [0, 0.1) is 0 Å². The molecule has 0 aromatic carbocycles. The molecule has 12 heteroatoms. The van der Waals surface area contributed by atoms with Crippen LogP contribution in [0.3, 0.4) is 0 Å². The van der Waals surface area contributed by atoms with Gasteiger partial charge in [0.15, 0.2) is 17.2 Å². The first kappa shape index (κ1) is 26.3. The van der Waals surface area contributed by atoms with Crippen molar-refractivity contribution >= 4 is 22.8 Å². The van der Waals surface area contributed by atoms with Crippen LogP contribution in [0.1, 0.15) is 82.5 Å². The first-order valence-electron chi connectivity index (χ1n) is 14.0. The Hall–Kier alpha value is -3.93. The van der Waals surface area contributed by atoms with Crippen LogP contribution in [0.4, 0.5) is 5.82 Å². The van der Waals surface area contributed by atoms with Gasteiger partial charge in [0.1, 0.15) is 23.5 Å². The molecule has 4 aromatic rings. The van der Waals surface area contributed by atoms with E-state index in [-0.39, 0.29) is 17.9 Å². The summed E-state index contributed by atoms with van der Waals surface area (Å²) >= 11 is 0. The largest absolute Gasteiger partial charge is 0.481 e. The summed E-state index contributed by atoms with van der Waals surface area (Å²) in [6, 6.07) is 0. The van der Waals surface area contributed by atoms with Gasteiger partial charge in [0.2, 0.25) is 0 Å². The number of rotatable bonds is 8. The second kappa shape index (κ2) is 10.2. The summed E-state index contributed by atoms with van der Waals surface area (Å²) in [6.07, 6.45) is 10.3. The number of hydrogen-bond acceptors (Lipinski definition) is 10. The van der Waals surface area contributed by atoms with Crippen LogP contribution in [0.15, 0.2) is 23.2 Å². The molecule has 4 aromatic heterocycles. The molecular formula is C28H35N9O3. The Balaban J connectivity index is 1.30. The minimum Gasteiger partial charge on any atom is -0.481 e. The van der Waals surface area contributed by atoms with Gasteiger partial charge in [0, 0.05) is 24.7 Å². The molecule has 12 nitrogen and oxygen atoms in total. The first-order valence-corrected chi connectivity index (χ1v) is 14.0. The van der Waals surface area contributed by atoms with Gasteiger partial charge in [0.05, 0.1) is 16.5 Å². The molecule has 40 heavy (non-hydrogen) atoms. The van der Waals surface area contributed by atoms with Crippen LogP contribution in [0.5, 0.6) is 0 Å². The van der Waals surface area contributed by atoms with Crippen molar-refractivity contribution in [2.45, 2.75) is 76.7 Å². The molecule has 3 N–H and O–H groups in total. The van der Waals surface area contributed by atoms with E-state index < -0.39 is 5.97 Å². The summed E-state index contributed by atoms with van der Waals surface area (Å²) < 4.78 is 7.76. The highest BCUT2D eigenvalue weighted by molar-refractivity contribution is 6.00. The lowest BCUT2D eigenvalue weighted by molar-refractivity contribution is -0.137. The number of nitrogens with zero attached hydrogens (tertiary/aromatic N) is 8. The molecule has 0 spiro atoms. The van der Waals surface area contributed by atoms with Crippen LogP contribution in [-0.4, -0.2) is 70.5 Å². The van der Waals surface area contributed by atoms with Crippen molar-refractivity contribution in [3.63, 3.8) is 0 Å². The van der Waals surface area contributed by atoms with Crippen LogP contribution >= 0.6 is 0 Å². The average molecular weight is 546 g/mol. The third-order valence-electron chi connectivity index (χ3n) is 7.84. The Bertz CT molecular complexity index is 1530. The Morgan fingerprint density at radius 2 is 1.77 bits per heavy atom. The van der Waals surface area contributed by atoms with Crippen molar-refractivity contribution in [2.24, 2.45) is 0 Å². The van der Waals surface area contributed by atoms with Gasteiger partial charge in [-0.1, -0.05) is 5.16 Å². The quantitative estimate of drug-likeness (QED) is 0.326. The highest BCUT2D eigenvalue weighted by Gasteiger charge is 2.36. The number of anilines is 1. The molecule has 0 amide bonds. The summed E-state index contributed by atoms with van der Waals surface area (Å²) in [5, 5.41) is 18.9. The monoisotopic (exact) mass is 545 g/mol. The van der Waals surface area contributed by atoms with Gasteiger partial charge in [-0.25, -0.2) is 24.6 Å². The van der Waals surface area contributed by atoms with E-state index in [1.54, 1.807) is 0 Å². The minimum atomic E-state index is -0.736. The summed E-state index contributed by atoms with van der Waals surface area (Å²) in [4.78, 5) is 31.5. The number of hydrogen-bond donors (Lipinski definition) is 2. The summed E-state index contributed by atoms with van der Waals surface area (Å²) in [5.74, 6) is 1.60.